The molecule has 1 heterocycles. The van der Waals surface area contributed by atoms with E-state index < -0.39 is 0 Å². The minimum atomic E-state index is -0.370. The van der Waals surface area contributed by atoms with Crippen LogP contribution in [0.15, 0.2) is 76.7 Å². The lowest BCUT2D eigenvalue weighted by atomic mass is 10.2. The fraction of sp³-hybridized carbons (Fsp3) is 0.0909. The van der Waals surface area contributed by atoms with Crippen molar-refractivity contribution in [1.82, 2.24) is 9.55 Å². The van der Waals surface area contributed by atoms with E-state index in [-0.39, 0.29) is 17.1 Å². The first-order valence-electron chi connectivity index (χ1n) is 8.69. The minimum absolute atomic E-state index is 0.156. The molecule has 0 amide bonds. The zero-order valence-electron chi connectivity index (χ0n) is 15.0. The zero-order valence-corrected chi connectivity index (χ0v) is 16.6. The molecule has 4 rings (SSSR count). The van der Waals surface area contributed by atoms with Gasteiger partial charge in [-0.2, -0.15) is 0 Å². The molecule has 28 heavy (non-hydrogen) atoms. The zero-order chi connectivity index (χ0) is 19.7. The Morgan fingerprint density at radius 2 is 1.79 bits per heavy atom. The van der Waals surface area contributed by atoms with Crippen LogP contribution in [0.2, 0.25) is 5.02 Å². The highest BCUT2D eigenvalue weighted by Crippen LogP contribution is 2.29. The second-order valence-electron chi connectivity index (χ2n) is 6.38. The van der Waals surface area contributed by atoms with Crippen LogP contribution in [0.25, 0.3) is 16.6 Å². The number of hydrogen-bond acceptors (Lipinski definition) is 3. The maximum absolute atomic E-state index is 14.2. The van der Waals surface area contributed by atoms with Crippen molar-refractivity contribution in [2.45, 2.75) is 17.8 Å². The van der Waals surface area contributed by atoms with Crippen LogP contribution in [0, 0.1) is 12.7 Å². The van der Waals surface area contributed by atoms with Crippen LogP contribution in [0.3, 0.4) is 0 Å². The quantitative estimate of drug-likeness (QED) is 0.316. The normalized spacial score (nSPS) is 11.1. The van der Waals surface area contributed by atoms with E-state index in [2.05, 4.69) is 4.98 Å². The SMILES string of the molecule is Cc1ccc(-n2c(SCc3c(F)cccc3Cl)nc3ccccc3c2=O)cc1. The van der Waals surface area contributed by atoms with Crippen molar-refractivity contribution < 1.29 is 4.39 Å². The standard InChI is InChI=1S/C22H16ClFN2OS/c1-14-9-11-15(12-10-14)26-21(27)16-5-2-3-8-20(16)25-22(26)28-13-17-18(23)6-4-7-19(17)24/h2-12H,13H2,1H3. The van der Waals surface area contributed by atoms with Crippen molar-refractivity contribution in [1.29, 1.82) is 0 Å². The number of hydrogen-bond donors (Lipinski definition) is 0. The van der Waals surface area contributed by atoms with Gasteiger partial charge in [0.05, 0.1) is 16.6 Å². The molecule has 4 aromatic rings. The van der Waals surface area contributed by atoms with Gasteiger partial charge in [-0.15, -0.1) is 0 Å². The number of nitrogens with zero attached hydrogens (tertiary/aromatic N) is 2. The van der Waals surface area contributed by atoms with Crippen molar-refractivity contribution in [2.24, 2.45) is 0 Å². The van der Waals surface area contributed by atoms with Gasteiger partial charge in [-0.25, -0.2) is 9.37 Å². The summed E-state index contributed by atoms with van der Waals surface area (Å²) in [5, 5.41) is 1.39. The third kappa shape index (κ3) is 3.55. The third-order valence-corrected chi connectivity index (χ3v) is 5.76. The number of fused-ring (bicyclic) bond motifs is 1. The Labute approximate surface area is 170 Å². The average molecular weight is 411 g/mol. The number of rotatable bonds is 4. The lowest BCUT2D eigenvalue weighted by molar-refractivity contribution is 0.617. The molecule has 0 atom stereocenters. The molecule has 0 radical (unpaired) electrons. The van der Waals surface area contributed by atoms with Gasteiger partial charge in [-0.1, -0.05) is 59.3 Å². The average Bonchev–Trinajstić information content (AvgIpc) is 2.69. The fourth-order valence-electron chi connectivity index (χ4n) is 2.94. The molecule has 3 nitrogen and oxygen atoms in total. The molecule has 0 N–H and O–H groups in total. The molecule has 0 unspecified atom stereocenters. The highest BCUT2D eigenvalue weighted by Gasteiger charge is 2.15. The molecular formula is C22H16ClFN2OS. The number of aromatic nitrogens is 2. The summed E-state index contributed by atoms with van der Waals surface area (Å²) in [4.78, 5) is 17.9. The van der Waals surface area contributed by atoms with E-state index in [9.17, 15) is 9.18 Å². The molecular weight excluding hydrogens is 395 g/mol. The highest BCUT2D eigenvalue weighted by molar-refractivity contribution is 7.98. The monoisotopic (exact) mass is 410 g/mol. The van der Waals surface area contributed by atoms with Gasteiger partial charge in [-0.3, -0.25) is 9.36 Å². The minimum Gasteiger partial charge on any atom is -0.268 e. The molecule has 3 aromatic carbocycles. The van der Waals surface area contributed by atoms with Crippen molar-refractivity contribution in [2.75, 3.05) is 0 Å². The molecule has 0 saturated heterocycles. The van der Waals surface area contributed by atoms with E-state index in [1.807, 2.05) is 43.3 Å². The van der Waals surface area contributed by atoms with Crippen LogP contribution in [0.1, 0.15) is 11.1 Å². The van der Waals surface area contributed by atoms with E-state index in [4.69, 9.17) is 11.6 Å². The Balaban J connectivity index is 1.85. The van der Waals surface area contributed by atoms with Crippen LogP contribution in [0.4, 0.5) is 4.39 Å². The first-order chi connectivity index (χ1) is 13.5. The predicted octanol–water partition coefficient (Wildman–Crippen LogP) is 5.78. The summed E-state index contributed by atoms with van der Waals surface area (Å²) >= 11 is 7.44. The van der Waals surface area contributed by atoms with E-state index in [1.165, 1.54) is 17.8 Å². The van der Waals surface area contributed by atoms with E-state index in [0.717, 1.165) is 11.3 Å². The Bertz CT molecular complexity index is 1200. The smallest absolute Gasteiger partial charge is 0.266 e. The lowest BCUT2D eigenvalue weighted by Gasteiger charge is -2.14. The maximum atomic E-state index is 14.2. The molecule has 0 bridgehead atoms. The third-order valence-electron chi connectivity index (χ3n) is 4.44. The molecule has 0 spiro atoms. The number of benzene rings is 3. The summed E-state index contributed by atoms with van der Waals surface area (Å²) in [6.45, 7) is 1.99. The summed E-state index contributed by atoms with van der Waals surface area (Å²) < 4.78 is 15.7. The van der Waals surface area contributed by atoms with E-state index >= 15 is 0 Å². The fourth-order valence-corrected chi connectivity index (χ4v) is 4.29. The Morgan fingerprint density at radius 1 is 1.04 bits per heavy atom. The van der Waals surface area contributed by atoms with Gasteiger partial charge in [-0.05, 0) is 43.3 Å². The number of thioether (sulfide) groups is 1. The molecule has 1 aromatic heterocycles. The largest absolute Gasteiger partial charge is 0.268 e. The maximum Gasteiger partial charge on any atom is 0.266 e. The van der Waals surface area contributed by atoms with Crippen molar-refractivity contribution in [3.63, 3.8) is 0 Å². The van der Waals surface area contributed by atoms with Crippen molar-refractivity contribution >= 4 is 34.3 Å². The predicted molar refractivity (Wildman–Crippen MR) is 113 cm³/mol. The van der Waals surface area contributed by atoms with Gasteiger partial charge >= 0.3 is 0 Å². The molecule has 0 aliphatic rings. The van der Waals surface area contributed by atoms with Crippen LogP contribution in [-0.4, -0.2) is 9.55 Å². The van der Waals surface area contributed by atoms with E-state index in [0.29, 0.717) is 26.6 Å². The van der Waals surface area contributed by atoms with Gasteiger partial charge in [0.25, 0.3) is 5.56 Å². The topological polar surface area (TPSA) is 34.9 Å². The Morgan fingerprint density at radius 3 is 2.54 bits per heavy atom. The molecule has 0 fully saturated rings. The van der Waals surface area contributed by atoms with Crippen molar-refractivity contribution in [3.8, 4) is 5.69 Å². The van der Waals surface area contributed by atoms with Gasteiger partial charge in [0.2, 0.25) is 0 Å². The summed E-state index contributed by atoms with van der Waals surface area (Å²) in [7, 11) is 0. The number of halogens is 2. The molecule has 0 aliphatic heterocycles. The molecule has 6 heteroatoms. The summed E-state index contributed by atoms with van der Waals surface area (Å²) in [6, 6.07) is 19.5. The molecule has 0 aliphatic carbocycles. The van der Waals surface area contributed by atoms with E-state index in [1.54, 1.807) is 28.8 Å². The highest BCUT2D eigenvalue weighted by atomic mass is 35.5. The van der Waals surface area contributed by atoms with Crippen LogP contribution in [-0.2, 0) is 5.75 Å². The molecule has 0 saturated carbocycles. The van der Waals surface area contributed by atoms with Crippen LogP contribution < -0.4 is 5.56 Å². The second kappa shape index (κ2) is 7.78. The van der Waals surface area contributed by atoms with Crippen LogP contribution in [0.5, 0.6) is 0 Å². The lowest BCUT2D eigenvalue weighted by Crippen LogP contribution is -2.21. The second-order valence-corrected chi connectivity index (χ2v) is 7.73. The van der Waals surface area contributed by atoms with Gasteiger partial charge < -0.3 is 0 Å². The summed E-state index contributed by atoms with van der Waals surface area (Å²) in [5.74, 6) is -0.104. The van der Waals surface area contributed by atoms with Gasteiger partial charge in [0.15, 0.2) is 5.16 Å². The summed E-state index contributed by atoms with van der Waals surface area (Å²) in [5.41, 5.74) is 2.66. The number of aryl methyl sites for hydroxylation is 1. The Kier molecular flexibility index (Phi) is 5.20. The first kappa shape index (κ1) is 18.7. The van der Waals surface area contributed by atoms with Gasteiger partial charge in [0.1, 0.15) is 5.82 Å². The van der Waals surface area contributed by atoms with Crippen molar-refractivity contribution in [3.05, 3.63) is 99.1 Å². The molecule has 140 valence electrons. The first-order valence-corrected chi connectivity index (χ1v) is 10.1. The van der Waals surface area contributed by atoms with Gasteiger partial charge in [0, 0.05) is 16.3 Å². The van der Waals surface area contributed by atoms with Crippen LogP contribution >= 0.6 is 23.4 Å². The Hall–Kier alpha value is -2.63. The summed E-state index contributed by atoms with van der Waals surface area (Å²) in [6.07, 6.45) is 0. The number of para-hydroxylation sites is 1.